The van der Waals surface area contributed by atoms with Crippen LogP contribution >= 0.6 is 11.6 Å². The van der Waals surface area contributed by atoms with E-state index in [0.717, 1.165) is 0 Å². The average molecular weight is 356 g/mol. The van der Waals surface area contributed by atoms with Crippen molar-refractivity contribution in [3.8, 4) is 0 Å². The summed E-state index contributed by atoms with van der Waals surface area (Å²) in [4.78, 5) is 36.6. The van der Waals surface area contributed by atoms with Gasteiger partial charge in [-0.15, -0.1) is 0 Å². The SMILES string of the molecule is COC(=O)[C@@H]1[C@H](C(=O)OC)[C@H](C(=O)OC)N[C@@H]1c1ccccc1Cl. The van der Waals surface area contributed by atoms with Crippen LogP contribution in [0.1, 0.15) is 11.6 Å². The molecule has 8 heteroatoms. The molecule has 1 aliphatic rings. The third-order valence-corrected chi connectivity index (χ3v) is 4.45. The number of rotatable bonds is 4. The van der Waals surface area contributed by atoms with Gasteiger partial charge in [0.25, 0.3) is 0 Å². The summed E-state index contributed by atoms with van der Waals surface area (Å²) in [5, 5.41) is 3.37. The predicted octanol–water partition coefficient (Wildman–Crippen LogP) is 1.10. The van der Waals surface area contributed by atoms with Crippen molar-refractivity contribution in [2.45, 2.75) is 12.1 Å². The van der Waals surface area contributed by atoms with Crippen LogP contribution in [-0.4, -0.2) is 45.3 Å². The molecule has 2 rings (SSSR count). The fourth-order valence-corrected chi connectivity index (χ4v) is 3.26. The molecule has 1 aromatic rings. The Bertz CT molecular complexity index is 649. The summed E-state index contributed by atoms with van der Waals surface area (Å²) < 4.78 is 14.3. The molecule has 0 aromatic heterocycles. The van der Waals surface area contributed by atoms with Gasteiger partial charge < -0.3 is 14.2 Å². The molecule has 24 heavy (non-hydrogen) atoms. The van der Waals surface area contributed by atoms with Gasteiger partial charge in [-0.2, -0.15) is 0 Å². The molecule has 1 heterocycles. The number of hydrogen-bond acceptors (Lipinski definition) is 7. The highest BCUT2D eigenvalue weighted by Gasteiger charge is 2.55. The van der Waals surface area contributed by atoms with E-state index < -0.39 is 41.8 Å². The molecule has 1 fully saturated rings. The van der Waals surface area contributed by atoms with E-state index in [9.17, 15) is 14.4 Å². The highest BCUT2D eigenvalue weighted by atomic mass is 35.5. The smallest absolute Gasteiger partial charge is 0.323 e. The standard InChI is InChI=1S/C16H18ClNO6/c1-22-14(19)10-11(15(20)23-2)13(16(21)24-3)18-12(10)8-6-4-5-7-9(8)17/h4-7,10-13,18H,1-3H3/t10-,11+,12-,13-/m1/s1. The quantitative estimate of drug-likeness (QED) is 0.639. The van der Waals surface area contributed by atoms with Gasteiger partial charge in [0.2, 0.25) is 0 Å². The van der Waals surface area contributed by atoms with E-state index >= 15 is 0 Å². The van der Waals surface area contributed by atoms with Gasteiger partial charge >= 0.3 is 17.9 Å². The van der Waals surface area contributed by atoms with Crippen molar-refractivity contribution >= 4 is 29.5 Å². The summed E-state index contributed by atoms with van der Waals surface area (Å²) in [7, 11) is 3.61. The second-order valence-electron chi connectivity index (χ2n) is 5.26. The molecule has 0 radical (unpaired) electrons. The molecule has 1 aliphatic heterocycles. The Balaban J connectivity index is 2.53. The van der Waals surface area contributed by atoms with Crippen molar-refractivity contribution in [1.82, 2.24) is 5.32 Å². The van der Waals surface area contributed by atoms with Crippen LogP contribution in [0.25, 0.3) is 0 Å². The van der Waals surface area contributed by atoms with Crippen molar-refractivity contribution in [3.05, 3.63) is 34.9 Å². The van der Waals surface area contributed by atoms with Crippen LogP contribution in [0.15, 0.2) is 24.3 Å². The van der Waals surface area contributed by atoms with Gasteiger partial charge in [0.05, 0.1) is 33.2 Å². The molecule has 7 nitrogen and oxygen atoms in total. The molecule has 0 spiro atoms. The fourth-order valence-electron chi connectivity index (χ4n) is 3.01. The van der Waals surface area contributed by atoms with Crippen molar-refractivity contribution in [2.24, 2.45) is 11.8 Å². The number of methoxy groups -OCH3 is 3. The number of carbonyl (C=O) groups excluding carboxylic acids is 3. The topological polar surface area (TPSA) is 90.9 Å². The zero-order valence-corrected chi connectivity index (χ0v) is 14.2. The number of benzene rings is 1. The van der Waals surface area contributed by atoms with Gasteiger partial charge in [0.1, 0.15) is 6.04 Å². The summed E-state index contributed by atoms with van der Waals surface area (Å²) >= 11 is 6.22. The number of ether oxygens (including phenoxy) is 3. The maximum Gasteiger partial charge on any atom is 0.323 e. The zero-order chi connectivity index (χ0) is 17.9. The molecule has 0 unspecified atom stereocenters. The lowest BCUT2D eigenvalue weighted by Gasteiger charge is -2.21. The van der Waals surface area contributed by atoms with Crippen molar-refractivity contribution in [2.75, 3.05) is 21.3 Å². The Hall–Kier alpha value is -2.12. The van der Waals surface area contributed by atoms with E-state index in [1.54, 1.807) is 24.3 Å². The molecular weight excluding hydrogens is 338 g/mol. The van der Waals surface area contributed by atoms with Gasteiger partial charge in [-0.3, -0.25) is 19.7 Å². The third kappa shape index (κ3) is 3.22. The predicted molar refractivity (Wildman–Crippen MR) is 84.1 cm³/mol. The molecule has 0 aliphatic carbocycles. The molecule has 0 saturated carbocycles. The number of carbonyl (C=O) groups is 3. The Morgan fingerprint density at radius 2 is 1.46 bits per heavy atom. The van der Waals surface area contributed by atoms with Crippen molar-refractivity contribution in [3.63, 3.8) is 0 Å². The first kappa shape index (κ1) is 18.2. The Kier molecular flexibility index (Phi) is 5.80. The van der Waals surface area contributed by atoms with Crippen LogP contribution < -0.4 is 5.32 Å². The second kappa shape index (κ2) is 7.63. The largest absolute Gasteiger partial charge is 0.469 e. The first-order chi connectivity index (χ1) is 11.5. The normalized spacial score (nSPS) is 25.8. The lowest BCUT2D eigenvalue weighted by Crippen LogP contribution is -2.42. The number of hydrogen-bond donors (Lipinski definition) is 1. The first-order valence-electron chi connectivity index (χ1n) is 7.20. The van der Waals surface area contributed by atoms with E-state index in [0.29, 0.717) is 10.6 Å². The Labute approximate surface area is 144 Å². The van der Waals surface area contributed by atoms with Crippen molar-refractivity contribution in [1.29, 1.82) is 0 Å². The molecule has 4 atom stereocenters. The van der Waals surface area contributed by atoms with Gasteiger partial charge in [0.15, 0.2) is 0 Å². The second-order valence-corrected chi connectivity index (χ2v) is 5.67. The summed E-state index contributed by atoms with van der Waals surface area (Å²) in [6.45, 7) is 0. The fraction of sp³-hybridized carbons (Fsp3) is 0.438. The number of esters is 3. The molecule has 0 amide bonds. The van der Waals surface area contributed by atoms with E-state index in [4.69, 9.17) is 25.8 Å². The average Bonchev–Trinajstić information content (AvgIpc) is 3.00. The maximum absolute atomic E-state index is 12.3. The summed E-state index contributed by atoms with van der Waals surface area (Å²) in [5.41, 5.74) is 0.579. The zero-order valence-electron chi connectivity index (χ0n) is 13.4. The summed E-state index contributed by atoms with van der Waals surface area (Å²) in [6, 6.07) is 5.11. The van der Waals surface area contributed by atoms with Crippen molar-refractivity contribution < 1.29 is 28.6 Å². The third-order valence-electron chi connectivity index (χ3n) is 4.11. The van der Waals surface area contributed by atoms with E-state index in [-0.39, 0.29) is 0 Å². The number of nitrogens with one attached hydrogen (secondary N) is 1. The molecule has 1 aromatic carbocycles. The Morgan fingerprint density at radius 3 is 2.00 bits per heavy atom. The van der Waals surface area contributed by atoms with Gasteiger partial charge in [-0.25, -0.2) is 0 Å². The van der Waals surface area contributed by atoms with Crippen LogP contribution in [0.3, 0.4) is 0 Å². The maximum atomic E-state index is 12.3. The van der Waals surface area contributed by atoms with Crippen LogP contribution in [0.4, 0.5) is 0 Å². The molecule has 0 bridgehead atoms. The minimum Gasteiger partial charge on any atom is -0.469 e. The first-order valence-corrected chi connectivity index (χ1v) is 7.58. The highest BCUT2D eigenvalue weighted by Crippen LogP contribution is 2.41. The summed E-state index contributed by atoms with van der Waals surface area (Å²) in [6.07, 6.45) is 0. The lowest BCUT2D eigenvalue weighted by atomic mass is 9.84. The monoisotopic (exact) mass is 355 g/mol. The van der Waals surface area contributed by atoms with Crippen LogP contribution in [0.2, 0.25) is 5.02 Å². The minimum absolute atomic E-state index is 0.401. The molecule has 1 saturated heterocycles. The summed E-state index contributed by atoms with van der Waals surface area (Å²) in [5.74, 6) is -4.09. The lowest BCUT2D eigenvalue weighted by molar-refractivity contribution is -0.159. The molecule has 130 valence electrons. The minimum atomic E-state index is -1.09. The van der Waals surface area contributed by atoms with Gasteiger partial charge in [-0.1, -0.05) is 29.8 Å². The van der Waals surface area contributed by atoms with Crippen LogP contribution in [0.5, 0.6) is 0 Å². The van der Waals surface area contributed by atoms with E-state index in [1.807, 2.05) is 0 Å². The molecular formula is C16H18ClNO6. The highest BCUT2D eigenvalue weighted by molar-refractivity contribution is 6.31. The molecule has 1 N–H and O–H groups in total. The van der Waals surface area contributed by atoms with Gasteiger partial charge in [0, 0.05) is 11.1 Å². The Morgan fingerprint density at radius 1 is 0.917 bits per heavy atom. The number of halogens is 1. The van der Waals surface area contributed by atoms with Crippen LogP contribution in [0, 0.1) is 11.8 Å². The van der Waals surface area contributed by atoms with Crippen LogP contribution in [-0.2, 0) is 28.6 Å². The van der Waals surface area contributed by atoms with E-state index in [1.165, 1.54) is 21.3 Å². The van der Waals surface area contributed by atoms with Gasteiger partial charge in [-0.05, 0) is 11.6 Å². The van der Waals surface area contributed by atoms with E-state index in [2.05, 4.69) is 5.32 Å².